The van der Waals surface area contributed by atoms with Crippen LogP contribution in [0.4, 0.5) is 0 Å². The second-order valence-corrected chi connectivity index (χ2v) is 11.1. The zero-order chi connectivity index (χ0) is 25.6. The molecule has 0 saturated carbocycles. The molecule has 0 amide bonds. The van der Waals surface area contributed by atoms with Gasteiger partial charge < -0.3 is 0 Å². The van der Waals surface area contributed by atoms with Gasteiger partial charge in [-0.2, -0.15) is 4.31 Å². The van der Waals surface area contributed by atoms with E-state index in [0.29, 0.717) is 27.8 Å². The Kier molecular flexibility index (Phi) is 5.98. The van der Waals surface area contributed by atoms with Crippen molar-refractivity contribution in [2.75, 3.05) is 7.05 Å². The maximum absolute atomic E-state index is 13.9. The summed E-state index contributed by atoms with van der Waals surface area (Å²) in [7, 11) is -2.38. The molecule has 0 N–H and O–H groups in total. The van der Waals surface area contributed by atoms with Crippen molar-refractivity contribution in [3.8, 4) is 5.69 Å². The molecule has 182 valence electrons. The first-order valence-electron chi connectivity index (χ1n) is 11.8. The molecule has 6 nitrogen and oxygen atoms in total. The van der Waals surface area contributed by atoms with E-state index in [1.807, 2.05) is 62.4 Å². The van der Waals surface area contributed by atoms with E-state index >= 15 is 0 Å². The SMILES string of the molecule is Cc1ccc(-n2c(C(C)N(C)S(=O)(=O)c3cccc4ccccc34)nc3ccccc3c2=O)c(C)c1. The number of sulfonamides is 1. The molecule has 36 heavy (non-hydrogen) atoms. The van der Waals surface area contributed by atoms with Crippen LogP contribution in [0.3, 0.4) is 0 Å². The van der Waals surface area contributed by atoms with Crippen molar-refractivity contribution in [1.82, 2.24) is 13.9 Å². The van der Waals surface area contributed by atoms with Gasteiger partial charge in [0.1, 0.15) is 5.82 Å². The van der Waals surface area contributed by atoms with Crippen LogP contribution in [0, 0.1) is 13.8 Å². The van der Waals surface area contributed by atoms with E-state index in [1.165, 1.54) is 11.4 Å². The number of para-hydroxylation sites is 1. The van der Waals surface area contributed by atoms with Crippen molar-refractivity contribution in [2.24, 2.45) is 0 Å². The maximum atomic E-state index is 13.9. The zero-order valence-corrected chi connectivity index (χ0v) is 21.5. The molecule has 0 fully saturated rings. The Hall–Kier alpha value is -3.81. The highest BCUT2D eigenvalue weighted by molar-refractivity contribution is 7.89. The number of aryl methyl sites for hydroxylation is 2. The second kappa shape index (κ2) is 9.00. The molecule has 0 saturated heterocycles. The average Bonchev–Trinajstić information content (AvgIpc) is 2.88. The second-order valence-electron chi connectivity index (χ2n) is 9.09. The molecule has 1 unspecified atom stereocenters. The van der Waals surface area contributed by atoms with Crippen LogP contribution in [-0.2, 0) is 10.0 Å². The molecular weight excluding hydrogens is 470 g/mol. The summed E-state index contributed by atoms with van der Waals surface area (Å²) in [5.74, 6) is 0.358. The third-order valence-electron chi connectivity index (χ3n) is 6.72. The predicted molar refractivity (Wildman–Crippen MR) is 144 cm³/mol. The van der Waals surface area contributed by atoms with Crippen molar-refractivity contribution in [3.63, 3.8) is 0 Å². The van der Waals surface area contributed by atoms with Crippen LogP contribution in [0.2, 0.25) is 0 Å². The van der Waals surface area contributed by atoms with Gasteiger partial charge in [0, 0.05) is 12.4 Å². The Morgan fingerprint density at radius 2 is 1.53 bits per heavy atom. The van der Waals surface area contributed by atoms with Gasteiger partial charge in [0.2, 0.25) is 10.0 Å². The largest absolute Gasteiger partial charge is 0.268 e. The molecule has 1 aromatic heterocycles. The molecular formula is C29H27N3O3S. The van der Waals surface area contributed by atoms with E-state index in [-0.39, 0.29) is 10.5 Å². The van der Waals surface area contributed by atoms with Crippen molar-refractivity contribution in [1.29, 1.82) is 0 Å². The fraction of sp³-hybridized carbons (Fsp3) is 0.172. The molecule has 0 aliphatic carbocycles. The molecule has 0 spiro atoms. The number of hydrogen-bond donors (Lipinski definition) is 0. The van der Waals surface area contributed by atoms with Crippen molar-refractivity contribution < 1.29 is 8.42 Å². The topological polar surface area (TPSA) is 72.3 Å². The van der Waals surface area contributed by atoms with E-state index in [1.54, 1.807) is 47.9 Å². The van der Waals surface area contributed by atoms with Gasteiger partial charge in [-0.15, -0.1) is 0 Å². The first kappa shape index (κ1) is 23.9. The number of rotatable bonds is 5. The summed E-state index contributed by atoms with van der Waals surface area (Å²) in [4.78, 5) is 18.8. The third-order valence-corrected chi connectivity index (χ3v) is 8.71. The lowest BCUT2D eigenvalue weighted by Crippen LogP contribution is -2.35. The molecule has 0 radical (unpaired) electrons. The lowest BCUT2D eigenvalue weighted by molar-refractivity contribution is 0.379. The van der Waals surface area contributed by atoms with Gasteiger partial charge >= 0.3 is 0 Å². The standard InChI is InChI=1S/C29H27N3O3S/c1-19-16-17-26(20(2)18-19)32-28(30-25-14-8-7-13-24(25)29(32)33)21(3)31(4)36(34,35)27-15-9-11-22-10-5-6-12-23(22)27/h5-18,21H,1-4H3. The van der Waals surface area contributed by atoms with Crippen LogP contribution in [0.5, 0.6) is 0 Å². The Labute approximate surface area is 210 Å². The van der Waals surface area contributed by atoms with Gasteiger partial charge in [-0.05, 0) is 56.0 Å². The summed E-state index contributed by atoms with van der Waals surface area (Å²) < 4.78 is 30.6. The molecule has 1 heterocycles. The normalized spacial score (nSPS) is 12.9. The molecule has 0 aliphatic heterocycles. The fourth-order valence-corrected chi connectivity index (χ4v) is 6.20. The van der Waals surface area contributed by atoms with Gasteiger partial charge in [-0.1, -0.05) is 66.2 Å². The molecule has 7 heteroatoms. The van der Waals surface area contributed by atoms with Crippen LogP contribution >= 0.6 is 0 Å². The van der Waals surface area contributed by atoms with Crippen molar-refractivity contribution in [2.45, 2.75) is 31.7 Å². The summed E-state index contributed by atoms with van der Waals surface area (Å²) in [5, 5.41) is 1.97. The highest BCUT2D eigenvalue weighted by Gasteiger charge is 2.31. The summed E-state index contributed by atoms with van der Waals surface area (Å²) in [6.07, 6.45) is 0. The number of hydrogen-bond acceptors (Lipinski definition) is 4. The first-order valence-corrected chi connectivity index (χ1v) is 13.2. The van der Waals surface area contributed by atoms with E-state index in [0.717, 1.165) is 16.5 Å². The fourth-order valence-electron chi connectivity index (χ4n) is 4.67. The molecule has 4 aromatic carbocycles. The molecule has 5 aromatic rings. The predicted octanol–water partition coefficient (Wildman–Crippen LogP) is 5.54. The Bertz CT molecular complexity index is 1790. The van der Waals surface area contributed by atoms with Crippen LogP contribution in [-0.4, -0.2) is 29.3 Å². The highest BCUT2D eigenvalue weighted by Crippen LogP contribution is 2.31. The number of aromatic nitrogens is 2. The van der Waals surface area contributed by atoms with E-state index < -0.39 is 16.1 Å². The summed E-state index contributed by atoms with van der Waals surface area (Å²) in [6, 6.07) is 24.9. The minimum absolute atomic E-state index is 0.219. The van der Waals surface area contributed by atoms with Crippen LogP contribution in [0.25, 0.3) is 27.4 Å². The average molecular weight is 498 g/mol. The minimum atomic E-state index is -3.92. The number of fused-ring (bicyclic) bond motifs is 2. The zero-order valence-electron chi connectivity index (χ0n) is 20.6. The first-order chi connectivity index (χ1) is 17.2. The smallest absolute Gasteiger partial charge is 0.266 e. The van der Waals surface area contributed by atoms with E-state index in [2.05, 4.69) is 0 Å². The van der Waals surface area contributed by atoms with E-state index in [9.17, 15) is 13.2 Å². The maximum Gasteiger partial charge on any atom is 0.266 e. The lowest BCUT2D eigenvalue weighted by Gasteiger charge is -2.27. The van der Waals surface area contributed by atoms with Crippen LogP contribution < -0.4 is 5.56 Å². The summed E-state index contributed by atoms with van der Waals surface area (Å²) in [6.45, 7) is 5.69. The van der Waals surface area contributed by atoms with Crippen molar-refractivity contribution >= 4 is 31.7 Å². The number of benzene rings is 4. The Morgan fingerprint density at radius 1 is 0.861 bits per heavy atom. The molecule has 0 bridgehead atoms. The third kappa shape index (κ3) is 3.90. The Morgan fingerprint density at radius 3 is 2.28 bits per heavy atom. The molecule has 0 aliphatic rings. The van der Waals surface area contributed by atoms with Gasteiger partial charge in [0.25, 0.3) is 5.56 Å². The quantitative estimate of drug-likeness (QED) is 0.320. The van der Waals surface area contributed by atoms with Gasteiger partial charge in [-0.3, -0.25) is 9.36 Å². The number of nitrogens with zero attached hydrogens (tertiary/aromatic N) is 3. The monoisotopic (exact) mass is 497 g/mol. The van der Waals surface area contributed by atoms with Gasteiger partial charge in [0.15, 0.2) is 0 Å². The summed E-state index contributed by atoms with van der Waals surface area (Å²) in [5.41, 5.74) is 2.96. The lowest BCUT2D eigenvalue weighted by atomic mass is 10.1. The van der Waals surface area contributed by atoms with E-state index in [4.69, 9.17) is 4.98 Å². The van der Waals surface area contributed by atoms with Gasteiger partial charge in [0.05, 0.1) is 27.5 Å². The van der Waals surface area contributed by atoms with Gasteiger partial charge in [-0.25, -0.2) is 13.4 Å². The van der Waals surface area contributed by atoms with Crippen LogP contribution in [0.1, 0.15) is 29.9 Å². The van der Waals surface area contributed by atoms with Crippen molar-refractivity contribution in [3.05, 3.63) is 112 Å². The highest BCUT2D eigenvalue weighted by atomic mass is 32.2. The Balaban J connectivity index is 1.72. The minimum Gasteiger partial charge on any atom is -0.268 e. The molecule has 5 rings (SSSR count). The summed E-state index contributed by atoms with van der Waals surface area (Å²) >= 11 is 0. The van der Waals surface area contributed by atoms with Crippen LogP contribution in [0.15, 0.2) is 94.6 Å². The molecule has 1 atom stereocenters.